The van der Waals surface area contributed by atoms with Gasteiger partial charge in [-0.05, 0) is 38.1 Å². The van der Waals surface area contributed by atoms with E-state index >= 15 is 0 Å². The SMILES string of the molecule is CCOc1c(N)ccc(C(=O)Nc2ccccc2)c1OCC. The van der Waals surface area contributed by atoms with Crippen LogP contribution < -0.4 is 20.5 Å². The topological polar surface area (TPSA) is 73.6 Å². The number of nitrogens with two attached hydrogens (primary N) is 1. The monoisotopic (exact) mass is 300 g/mol. The summed E-state index contributed by atoms with van der Waals surface area (Å²) in [6.07, 6.45) is 0. The average Bonchev–Trinajstić information content (AvgIpc) is 2.52. The van der Waals surface area contributed by atoms with Gasteiger partial charge in [0.25, 0.3) is 5.91 Å². The molecule has 0 aliphatic rings. The highest BCUT2D eigenvalue weighted by Gasteiger charge is 2.20. The molecular formula is C17H20N2O3. The third-order valence-electron chi connectivity index (χ3n) is 3.00. The Bertz CT molecular complexity index is 642. The first-order valence-electron chi connectivity index (χ1n) is 7.21. The van der Waals surface area contributed by atoms with Crippen LogP contribution in [0.15, 0.2) is 42.5 Å². The predicted molar refractivity (Wildman–Crippen MR) is 87.6 cm³/mol. The highest BCUT2D eigenvalue weighted by Crippen LogP contribution is 2.37. The summed E-state index contributed by atoms with van der Waals surface area (Å²) in [5.74, 6) is 0.512. The summed E-state index contributed by atoms with van der Waals surface area (Å²) in [5, 5.41) is 2.83. The molecule has 0 heterocycles. The number of carbonyl (C=O) groups is 1. The number of anilines is 2. The fourth-order valence-corrected chi connectivity index (χ4v) is 2.06. The van der Waals surface area contributed by atoms with E-state index in [9.17, 15) is 4.79 Å². The van der Waals surface area contributed by atoms with Gasteiger partial charge < -0.3 is 20.5 Å². The number of nitrogens with one attached hydrogen (secondary N) is 1. The van der Waals surface area contributed by atoms with E-state index in [1.807, 2.05) is 44.2 Å². The second-order valence-electron chi connectivity index (χ2n) is 4.55. The molecule has 0 bridgehead atoms. The fourth-order valence-electron chi connectivity index (χ4n) is 2.06. The van der Waals surface area contributed by atoms with Gasteiger partial charge in [-0.1, -0.05) is 18.2 Å². The quantitative estimate of drug-likeness (QED) is 0.803. The number of hydrogen-bond donors (Lipinski definition) is 2. The molecule has 0 atom stereocenters. The summed E-state index contributed by atoms with van der Waals surface area (Å²) >= 11 is 0. The molecule has 0 aromatic heterocycles. The summed E-state index contributed by atoms with van der Waals surface area (Å²) < 4.78 is 11.1. The average molecular weight is 300 g/mol. The van der Waals surface area contributed by atoms with Crippen LogP contribution in [-0.4, -0.2) is 19.1 Å². The lowest BCUT2D eigenvalue weighted by Gasteiger charge is -2.16. The smallest absolute Gasteiger partial charge is 0.259 e. The standard InChI is InChI=1S/C17H20N2O3/c1-3-21-15-13(10-11-14(18)16(15)22-4-2)17(20)19-12-8-6-5-7-9-12/h5-11H,3-4,18H2,1-2H3,(H,19,20). The highest BCUT2D eigenvalue weighted by atomic mass is 16.5. The number of carbonyl (C=O) groups excluding carboxylic acids is 1. The minimum Gasteiger partial charge on any atom is -0.489 e. The molecule has 0 saturated carbocycles. The van der Waals surface area contributed by atoms with Gasteiger partial charge in [-0.25, -0.2) is 0 Å². The number of para-hydroxylation sites is 1. The van der Waals surface area contributed by atoms with Crippen molar-refractivity contribution in [2.75, 3.05) is 24.3 Å². The summed E-state index contributed by atoms with van der Waals surface area (Å²) in [7, 11) is 0. The van der Waals surface area contributed by atoms with Crippen molar-refractivity contribution in [2.24, 2.45) is 0 Å². The van der Waals surface area contributed by atoms with Gasteiger partial charge in [0.05, 0.1) is 24.5 Å². The van der Waals surface area contributed by atoms with Gasteiger partial charge in [-0.2, -0.15) is 0 Å². The zero-order valence-corrected chi connectivity index (χ0v) is 12.8. The lowest BCUT2D eigenvalue weighted by Crippen LogP contribution is -2.15. The Balaban J connectivity index is 2.36. The van der Waals surface area contributed by atoms with Crippen LogP contribution in [0.3, 0.4) is 0 Å². The first-order chi connectivity index (χ1) is 10.7. The molecule has 116 valence electrons. The Kier molecular flexibility index (Phi) is 5.25. The fraction of sp³-hybridized carbons (Fsp3) is 0.235. The van der Waals surface area contributed by atoms with Gasteiger partial charge in [-0.3, -0.25) is 4.79 Å². The van der Waals surface area contributed by atoms with E-state index in [0.717, 1.165) is 0 Å². The molecule has 5 nitrogen and oxygen atoms in total. The molecule has 0 radical (unpaired) electrons. The molecule has 5 heteroatoms. The summed E-state index contributed by atoms with van der Waals surface area (Å²) in [6, 6.07) is 12.5. The molecule has 1 amide bonds. The van der Waals surface area contributed by atoms with Crippen molar-refractivity contribution >= 4 is 17.3 Å². The van der Waals surface area contributed by atoms with Gasteiger partial charge in [0.1, 0.15) is 0 Å². The number of ether oxygens (including phenoxy) is 2. The number of hydrogen-bond acceptors (Lipinski definition) is 4. The van der Waals surface area contributed by atoms with Gasteiger partial charge in [0, 0.05) is 5.69 Å². The maximum atomic E-state index is 12.5. The second kappa shape index (κ2) is 7.36. The zero-order chi connectivity index (χ0) is 15.9. The van der Waals surface area contributed by atoms with E-state index in [2.05, 4.69) is 5.32 Å². The van der Waals surface area contributed by atoms with Crippen molar-refractivity contribution in [3.63, 3.8) is 0 Å². The Hall–Kier alpha value is -2.69. The molecule has 2 aromatic rings. The van der Waals surface area contributed by atoms with Crippen LogP contribution in [0.25, 0.3) is 0 Å². The third kappa shape index (κ3) is 3.49. The van der Waals surface area contributed by atoms with Crippen molar-refractivity contribution in [2.45, 2.75) is 13.8 Å². The van der Waals surface area contributed by atoms with E-state index in [-0.39, 0.29) is 5.91 Å². The molecule has 0 aliphatic carbocycles. The highest BCUT2D eigenvalue weighted by molar-refractivity contribution is 6.07. The van der Waals surface area contributed by atoms with Crippen molar-refractivity contribution in [3.8, 4) is 11.5 Å². The summed E-state index contributed by atoms with van der Waals surface area (Å²) in [6.45, 7) is 4.55. The molecule has 0 fully saturated rings. The van der Waals surface area contributed by atoms with E-state index < -0.39 is 0 Å². The van der Waals surface area contributed by atoms with Crippen molar-refractivity contribution in [1.29, 1.82) is 0 Å². The van der Waals surface area contributed by atoms with Crippen LogP contribution in [-0.2, 0) is 0 Å². The largest absolute Gasteiger partial charge is 0.489 e. The van der Waals surface area contributed by atoms with E-state index in [1.165, 1.54) is 0 Å². The summed E-state index contributed by atoms with van der Waals surface area (Å²) in [5.41, 5.74) is 7.47. The third-order valence-corrected chi connectivity index (χ3v) is 3.00. The molecule has 0 saturated heterocycles. The first-order valence-corrected chi connectivity index (χ1v) is 7.21. The number of benzene rings is 2. The Morgan fingerprint density at radius 3 is 2.27 bits per heavy atom. The van der Waals surface area contributed by atoms with Crippen LogP contribution >= 0.6 is 0 Å². The van der Waals surface area contributed by atoms with E-state index in [0.29, 0.717) is 41.7 Å². The van der Waals surface area contributed by atoms with Crippen molar-refractivity contribution in [1.82, 2.24) is 0 Å². The molecule has 2 rings (SSSR count). The molecule has 3 N–H and O–H groups in total. The minimum atomic E-state index is -0.268. The van der Waals surface area contributed by atoms with Crippen molar-refractivity contribution in [3.05, 3.63) is 48.0 Å². The predicted octanol–water partition coefficient (Wildman–Crippen LogP) is 3.32. The molecule has 0 spiro atoms. The van der Waals surface area contributed by atoms with Crippen LogP contribution in [0.1, 0.15) is 24.2 Å². The normalized spacial score (nSPS) is 10.1. The molecule has 0 unspecified atom stereocenters. The minimum absolute atomic E-state index is 0.268. The van der Waals surface area contributed by atoms with Gasteiger partial charge in [0.2, 0.25) is 0 Å². The molecular weight excluding hydrogens is 280 g/mol. The van der Waals surface area contributed by atoms with Crippen LogP contribution in [0, 0.1) is 0 Å². The van der Waals surface area contributed by atoms with Crippen LogP contribution in [0.4, 0.5) is 11.4 Å². The van der Waals surface area contributed by atoms with Crippen LogP contribution in [0.5, 0.6) is 11.5 Å². The Morgan fingerprint density at radius 2 is 1.64 bits per heavy atom. The van der Waals surface area contributed by atoms with E-state index in [1.54, 1.807) is 12.1 Å². The Morgan fingerprint density at radius 1 is 1.00 bits per heavy atom. The first kappa shape index (κ1) is 15.7. The van der Waals surface area contributed by atoms with E-state index in [4.69, 9.17) is 15.2 Å². The van der Waals surface area contributed by atoms with Gasteiger partial charge in [-0.15, -0.1) is 0 Å². The molecule has 2 aromatic carbocycles. The van der Waals surface area contributed by atoms with Gasteiger partial charge >= 0.3 is 0 Å². The van der Waals surface area contributed by atoms with Crippen LogP contribution in [0.2, 0.25) is 0 Å². The summed E-state index contributed by atoms with van der Waals surface area (Å²) in [4.78, 5) is 12.5. The zero-order valence-electron chi connectivity index (χ0n) is 12.8. The number of nitrogen functional groups attached to an aromatic ring is 1. The number of amides is 1. The second-order valence-corrected chi connectivity index (χ2v) is 4.55. The van der Waals surface area contributed by atoms with Crippen molar-refractivity contribution < 1.29 is 14.3 Å². The van der Waals surface area contributed by atoms with Gasteiger partial charge in [0.15, 0.2) is 11.5 Å². The molecule has 22 heavy (non-hydrogen) atoms. The maximum Gasteiger partial charge on any atom is 0.259 e. The lowest BCUT2D eigenvalue weighted by molar-refractivity contribution is 0.102. The number of rotatable bonds is 6. The molecule has 0 aliphatic heterocycles. The lowest BCUT2D eigenvalue weighted by atomic mass is 10.1. The Labute approximate surface area is 130 Å². The maximum absolute atomic E-state index is 12.5.